The van der Waals surface area contributed by atoms with E-state index in [9.17, 15) is 4.79 Å². The van der Waals surface area contributed by atoms with Crippen molar-refractivity contribution < 1.29 is 4.79 Å². The summed E-state index contributed by atoms with van der Waals surface area (Å²) < 4.78 is 0. The summed E-state index contributed by atoms with van der Waals surface area (Å²) in [6, 6.07) is 8.10. The first-order valence-corrected chi connectivity index (χ1v) is 6.80. The van der Waals surface area contributed by atoms with Crippen LogP contribution in [0.5, 0.6) is 0 Å². The normalized spacial score (nSPS) is 17.3. The van der Waals surface area contributed by atoms with E-state index in [0.29, 0.717) is 5.92 Å². The number of nitrogens with one attached hydrogen (secondary N) is 1. The molecule has 0 aliphatic heterocycles. The standard InChI is InChI=1S/C16H23NO/c1-11(12-9-10-12)15(18)17-14-8-6-5-7-13(14)16(2,3)4/h5-8,11-12H,9-10H2,1-4H3,(H,17,18). The zero-order valence-electron chi connectivity index (χ0n) is 11.8. The second kappa shape index (κ2) is 4.75. The van der Waals surface area contributed by atoms with Gasteiger partial charge in [0.25, 0.3) is 0 Å². The third-order valence-electron chi connectivity index (χ3n) is 3.74. The highest BCUT2D eigenvalue weighted by Gasteiger charge is 2.33. The Balaban J connectivity index is 2.16. The molecule has 1 atom stereocenters. The molecule has 1 aliphatic rings. The minimum atomic E-state index is 0.0483. The molecule has 1 N–H and O–H groups in total. The van der Waals surface area contributed by atoms with E-state index in [1.165, 1.54) is 18.4 Å². The lowest BCUT2D eigenvalue weighted by molar-refractivity contribution is -0.119. The Morgan fingerprint density at radius 3 is 2.44 bits per heavy atom. The molecule has 1 saturated carbocycles. The molecule has 18 heavy (non-hydrogen) atoms. The first kappa shape index (κ1) is 13.1. The largest absolute Gasteiger partial charge is 0.326 e. The van der Waals surface area contributed by atoms with Crippen molar-refractivity contribution in [3.63, 3.8) is 0 Å². The molecule has 1 aromatic carbocycles. The van der Waals surface area contributed by atoms with Crippen LogP contribution in [-0.2, 0) is 10.2 Å². The van der Waals surface area contributed by atoms with Gasteiger partial charge in [-0.15, -0.1) is 0 Å². The van der Waals surface area contributed by atoms with Crippen molar-refractivity contribution in [2.75, 3.05) is 5.32 Å². The topological polar surface area (TPSA) is 29.1 Å². The lowest BCUT2D eigenvalue weighted by Gasteiger charge is -2.23. The van der Waals surface area contributed by atoms with Gasteiger partial charge in [-0.25, -0.2) is 0 Å². The monoisotopic (exact) mass is 245 g/mol. The van der Waals surface area contributed by atoms with Crippen LogP contribution in [0.3, 0.4) is 0 Å². The van der Waals surface area contributed by atoms with Gasteiger partial charge in [-0.05, 0) is 35.8 Å². The summed E-state index contributed by atoms with van der Waals surface area (Å²) in [7, 11) is 0. The molecule has 0 saturated heterocycles. The van der Waals surface area contributed by atoms with Crippen LogP contribution in [0.25, 0.3) is 0 Å². The van der Waals surface area contributed by atoms with Gasteiger partial charge in [0.2, 0.25) is 5.91 Å². The molecule has 1 fully saturated rings. The van der Waals surface area contributed by atoms with Gasteiger partial charge >= 0.3 is 0 Å². The average Bonchev–Trinajstić information content (AvgIpc) is 3.11. The fourth-order valence-electron chi connectivity index (χ4n) is 2.30. The molecule has 2 nitrogen and oxygen atoms in total. The van der Waals surface area contributed by atoms with Gasteiger partial charge in [0.05, 0.1) is 0 Å². The Kier molecular flexibility index (Phi) is 3.47. The fourth-order valence-corrected chi connectivity index (χ4v) is 2.30. The maximum atomic E-state index is 12.2. The van der Waals surface area contributed by atoms with E-state index in [-0.39, 0.29) is 17.2 Å². The van der Waals surface area contributed by atoms with Crippen LogP contribution in [0.15, 0.2) is 24.3 Å². The molecule has 1 amide bonds. The molecule has 0 bridgehead atoms. The smallest absolute Gasteiger partial charge is 0.227 e. The number of hydrogen-bond donors (Lipinski definition) is 1. The van der Waals surface area contributed by atoms with Gasteiger partial charge in [-0.2, -0.15) is 0 Å². The number of carbonyl (C=O) groups excluding carboxylic acids is 1. The van der Waals surface area contributed by atoms with Gasteiger partial charge < -0.3 is 5.32 Å². The molecule has 1 aliphatic carbocycles. The fraction of sp³-hybridized carbons (Fsp3) is 0.562. The Labute approximate surface area is 110 Å². The lowest BCUT2D eigenvalue weighted by atomic mass is 9.85. The van der Waals surface area contributed by atoms with E-state index in [0.717, 1.165) is 5.69 Å². The Bertz CT molecular complexity index is 441. The predicted molar refractivity (Wildman–Crippen MR) is 75.7 cm³/mol. The third-order valence-corrected chi connectivity index (χ3v) is 3.74. The van der Waals surface area contributed by atoms with Gasteiger partial charge in [-0.3, -0.25) is 4.79 Å². The van der Waals surface area contributed by atoms with Gasteiger partial charge in [0.1, 0.15) is 0 Å². The summed E-state index contributed by atoms with van der Waals surface area (Å²) in [5.41, 5.74) is 2.20. The van der Waals surface area contributed by atoms with Crippen LogP contribution in [0.1, 0.15) is 46.1 Å². The molecule has 1 unspecified atom stereocenters. The van der Waals surface area contributed by atoms with Crippen LogP contribution in [0.2, 0.25) is 0 Å². The van der Waals surface area contributed by atoms with Gasteiger partial charge in [0, 0.05) is 11.6 Å². The average molecular weight is 245 g/mol. The summed E-state index contributed by atoms with van der Waals surface area (Å²) in [5, 5.41) is 3.10. The van der Waals surface area contributed by atoms with Crippen molar-refractivity contribution in [3.05, 3.63) is 29.8 Å². The zero-order chi connectivity index (χ0) is 13.3. The first-order valence-electron chi connectivity index (χ1n) is 6.80. The number of benzene rings is 1. The number of rotatable bonds is 3. The summed E-state index contributed by atoms with van der Waals surface area (Å²) in [6.07, 6.45) is 2.41. The summed E-state index contributed by atoms with van der Waals surface area (Å²) >= 11 is 0. The zero-order valence-corrected chi connectivity index (χ0v) is 11.8. The maximum Gasteiger partial charge on any atom is 0.227 e. The van der Waals surface area contributed by atoms with Crippen molar-refractivity contribution in [2.45, 2.75) is 46.0 Å². The summed E-state index contributed by atoms with van der Waals surface area (Å²) in [5.74, 6) is 0.902. The number of carbonyl (C=O) groups is 1. The molecular formula is C16H23NO. The van der Waals surface area contributed by atoms with E-state index >= 15 is 0 Å². The lowest BCUT2D eigenvalue weighted by Crippen LogP contribution is -2.24. The number of amides is 1. The predicted octanol–water partition coefficient (Wildman–Crippen LogP) is 3.97. The molecule has 1 aromatic rings. The molecule has 0 radical (unpaired) electrons. The Hall–Kier alpha value is -1.31. The van der Waals surface area contributed by atoms with Crippen LogP contribution >= 0.6 is 0 Å². The summed E-state index contributed by atoms with van der Waals surface area (Å²) in [6.45, 7) is 8.54. The van der Waals surface area contributed by atoms with Crippen LogP contribution < -0.4 is 5.32 Å². The van der Waals surface area contributed by atoms with E-state index in [1.54, 1.807) is 0 Å². The van der Waals surface area contributed by atoms with Crippen LogP contribution in [0.4, 0.5) is 5.69 Å². The SMILES string of the molecule is CC(C(=O)Nc1ccccc1C(C)(C)C)C1CC1. The van der Waals surface area contributed by atoms with Crippen LogP contribution in [-0.4, -0.2) is 5.91 Å². The quantitative estimate of drug-likeness (QED) is 0.857. The van der Waals surface area contributed by atoms with Crippen molar-refractivity contribution >= 4 is 11.6 Å². The minimum Gasteiger partial charge on any atom is -0.326 e. The van der Waals surface area contributed by atoms with Gasteiger partial charge in [0.15, 0.2) is 0 Å². The first-order chi connectivity index (χ1) is 8.39. The molecule has 2 heteroatoms. The van der Waals surface area contributed by atoms with Crippen molar-refractivity contribution in [3.8, 4) is 0 Å². The van der Waals surface area contributed by atoms with Crippen molar-refractivity contribution in [1.29, 1.82) is 0 Å². The van der Waals surface area contributed by atoms with Crippen LogP contribution in [0, 0.1) is 11.8 Å². The molecule has 98 valence electrons. The second-order valence-corrected chi connectivity index (χ2v) is 6.41. The van der Waals surface area contributed by atoms with Crippen molar-refractivity contribution in [1.82, 2.24) is 0 Å². The molecule has 0 spiro atoms. The Morgan fingerprint density at radius 2 is 1.89 bits per heavy atom. The highest BCUT2D eigenvalue weighted by molar-refractivity contribution is 5.93. The van der Waals surface area contributed by atoms with E-state index in [4.69, 9.17) is 0 Å². The maximum absolute atomic E-state index is 12.2. The highest BCUT2D eigenvalue weighted by atomic mass is 16.1. The van der Waals surface area contributed by atoms with Crippen molar-refractivity contribution in [2.24, 2.45) is 11.8 Å². The number of para-hydroxylation sites is 1. The van der Waals surface area contributed by atoms with E-state index in [2.05, 4.69) is 32.2 Å². The number of hydrogen-bond acceptors (Lipinski definition) is 1. The highest BCUT2D eigenvalue weighted by Crippen LogP contribution is 2.37. The third kappa shape index (κ3) is 2.92. The second-order valence-electron chi connectivity index (χ2n) is 6.41. The molecular weight excluding hydrogens is 222 g/mol. The summed E-state index contributed by atoms with van der Waals surface area (Å²) in [4.78, 5) is 12.2. The molecule has 2 rings (SSSR count). The Morgan fingerprint density at radius 1 is 1.28 bits per heavy atom. The minimum absolute atomic E-state index is 0.0483. The molecule has 0 aromatic heterocycles. The van der Waals surface area contributed by atoms with E-state index < -0.39 is 0 Å². The van der Waals surface area contributed by atoms with E-state index in [1.807, 2.05) is 25.1 Å². The van der Waals surface area contributed by atoms with Gasteiger partial charge in [-0.1, -0.05) is 45.9 Å². The number of anilines is 1. The molecule has 0 heterocycles.